The van der Waals surface area contributed by atoms with Gasteiger partial charge in [-0.15, -0.1) is 0 Å². The van der Waals surface area contributed by atoms with E-state index < -0.39 is 5.82 Å². The molecule has 5 heteroatoms. The highest BCUT2D eigenvalue weighted by Gasteiger charge is 2.30. The summed E-state index contributed by atoms with van der Waals surface area (Å²) in [6, 6.07) is 5.78. The van der Waals surface area contributed by atoms with Crippen LogP contribution in [0.25, 0.3) is 4.85 Å². The molecule has 0 radical (unpaired) electrons. The average molecular weight is 357 g/mol. The van der Waals surface area contributed by atoms with Crippen molar-refractivity contribution in [1.82, 2.24) is 4.90 Å². The Morgan fingerprint density at radius 3 is 2.15 bits per heavy atom. The highest BCUT2D eigenvalue weighted by molar-refractivity contribution is 5.56. The molecule has 1 saturated carbocycles. The van der Waals surface area contributed by atoms with Crippen LogP contribution in [0.3, 0.4) is 0 Å². The molecule has 2 saturated heterocycles. The third-order valence-electron chi connectivity index (χ3n) is 6.31. The molecule has 4 rings (SSSR count). The van der Waals surface area contributed by atoms with E-state index in [1.807, 2.05) is 6.07 Å². The lowest BCUT2D eigenvalue weighted by Crippen LogP contribution is -2.47. The van der Waals surface area contributed by atoms with E-state index >= 15 is 0 Å². The van der Waals surface area contributed by atoms with E-state index in [1.165, 1.54) is 51.3 Å². The number of hydrogen-bond acceptors (Lipinski definition) is 3. The Balaban J connectivity index is 1.23. The van der Waals surface area contributed by atoms with Crippen molar-refractivity contribution in [1.29, 1.82) is 0 Å². The molecule has 0 bridgehead atoms. The monoisotopic (exact) mass is 357 g/mol. The van der Waals surface area contributed by atoms with Gasteiger partial charge >= 0.3 is 0 Å². The summed E-state index contributed by atoms with van der Waals surface area (Å²) in [4.78, 5) is 8.06. The molecule has 1 aliphatic carbocycles. The highest BCUT2D eigenvalue weighted by atomic mass is 19.1. The first-order valence-electron chi connectivity index (χ1n) is 10.0. The fraction of sp³-hybridized carbons (Fsp3) is 0.667. The minimum Gasteiger partial charge on any atom is -0.375 e. The summed E-state index contributed by atoms with van der Waals surface area (Å²) in [6.07, 6.45) is 9.26. The van der Waals surface area contributed by atoms with Crippen LogP contribution in [-0.4, -0.2) is 49.3 Å². The van der Waals surface area contributed by atoms with Crippen molar-refractivity contribution in [2.45, 2.75) is 63.2 Å². The fourth-order valence-corrected chi connectivity index (χ4v) is 4.43. The minimum absolute atomic E-state index is 0.0974. The maximum absolute atomic E-state index is 13.8. The fourth-order valence-electron chi connectivity index (χ4n) is 4.43. The lowest BCUT2D eigenvalue weighted by atomic mass is 9.89. The summed E-state index contributed by atoms with van der Waals surface area (Å²) >= 11 is 0. The Labute approximate surface area is 155 Å². The smallest absolute Gasteiger partial charge is 0.222 e. The van der Waals surface area contributed by atoms with Gasteiger partial charge in [-0.25, -0.2) is 9.24 Å². The molecule has 2 aliphatic heterocycles. The quantitative estimate of drug-likeness (QED) is 0.746. The first kappa shape index (κ1) is 17.8. The molecule has 1 aromatic rings. The van der Waals surface area contributed by atoms with E-state index in [-0.39, 0.29) is 5.69 Å². The van der Waals surface area contributed by atoms with E-state index in [2.05, 4.69) is 14.6 Å². The third-order valence-corrected chi connectivity index (χ3v) is 6.31. The van der Waals surface area contributed by atoms with Gasteiger partial charge in [-0.3, -0.25) is 0 Å². The summed E-state index contributed by atoms with van der Waals surface area (Å²) in [5.74, 6) is -0.422. The van der Waals surface area contributed by atoms with Crippen molar-refractivity contribution >= 4 is 11.4 Å². The molecule has 0 N–H and O–H groups in total. The van der Waals surface area contributed by atoms with Gasteiger partial charge in [-0.05, 0) is 50.7 Å². The maximum atomic E-state index is 13.8. The Morgan fingerprint density at radius 1 is 0.962 bits per heavy atom. The molecule has 3 aliphatic rings. The zero-order valence-electron chi connectivity index (χ0n) is 15.4. The number of benzene rings is 1. The molecule has 2 heterocycles. The molecule has 0 amide bonds. The molecule has 0 atom stereocenters. The topological polar surface area (TPSA) is 20.1 Å². The lowest BCUT2D eigenvalue weighted by molar-refractivity contribution is -0.0598. The van der Waals surface area contributed by atoms with Crippen molar-refractivity contribution in [2.24, 2.45) is 0 Å². The van der Waals surface area contributed by atoms with Crippen molar-refractivity contribution < 1.29 is 9.13 Å². The summed E-state index contributed by atoms with van der Waals surface area (Å²) in [7, 11) is 0. The second kappa shape index (κ2) is 7.94. The van der Waals surface area contributed by atoms with Gasteiger partial charge in [0.1, 0.15) is 5.82 Å². The van der Waals surface area contributed by atoms with Gasteiger partial charge < -0.3 is 14.5 Å². The zero-order chi connectivity index (χ0) is 17.9. The van der Waals surface area contributed by atoms with Crippen LogP contribution in [-0.2, 0) is 4.74 Å². The van der Waals surface area contributed by atoms with E-state index in [9.17, 15) is 4.39 Å². The third kappa shape index (κ3) is 3.87. The number of anilines is 1. The van der Waals surface area contributed by atoms with Crippen LogP contribution >= 0.6 is 0 Å². The number of halogens is 1. The number of rotatable bonds is 4. The van der Waals surface area contributed by atoms with Gasteiger partial charge in [0.15, 0.2) is 0 Å². The summed E-state index contributed by atoms with van der Waals surface area (Å²) in [5, 5.41) is 0. The van der Waals surface area contributed by atoms with Crippen LogP contribution < -0.4 is 4.90 Å². The minimum atomic E-state index is -0.422. The molecule has 0 spiro atoms. The van der Waals surface area contributed by atoms with Crippen molar-refractivity contribution in [3.63, 3.8) is 0 Å². The van der Waals surface area contributed by atoms with Crippen LogP contribution in [0.4, 0.5) is 15.8 Å². The van der Waals surface area contributed by atoms with E-state index in [0.717, 1.165) is 37.7 Å². The highest BCUT2D eigenvalue weighted by Crippen LogP contribution is 2.30. The predicted molar refractivity (Wildman–Crippen MR) is 101 cm³/mol. The van der Waals surface area contributed by atoms with Crippen molar-refractivity contribution in [2.75, 3.05) is 31.1 Å². The van der Waals surface area contributed by atoms with Gasteiger partial charge in [-0.1, -0.05) is 12.5 Å². The molecule has 0 aromatic heterocycles. The average Bonchev–Trinajstić information content (AvgIpc) is 2.62. The predicted octanol–water partition coefficient (Wildman–Crippen LogP) is 4.38. The first-order valence-corrected chi connectivity index (χ1v) is 10.0. The van der Waals surface area contributed by atoms with Crippen LogP contribution in [0.5, 0.6) is 0 Å². The van der Waals surface area contributed by atoms with Crippen LogP contribution in [0.15, 0.2) is 18.2 Å². The van der Waals surface area contributed by atoms with E-state index in [1.54, 1.807) is 6.07 Å². The standard InChI is InChI=1S/C21H28FN3O/c1-23-21-6-5-17(15-20(21)22)25-13-9-19(10-14-25)26-18-7-11-24(12-8-18)16-3-2-4-16/h5-6,15-16,18-19H,2-4,7-14H2. The lowest BCUT2D eigenvalue weighted by Gasteiger charge is -2.43. The Bertz CT molecular complexity index is 654. The zero-order valence-corrected chi connectivity index (χ0v) is 15.4. The number of hydrogen-bond donors (Lipinski definition) is 0. The number of nitrogens with zero attached hydrogens (tertiary/aromatic N) is 3. The molecule has 26 heavy (non-hydrogen) atoms. The van der Waals surface area contributed by atoms with Crippen molar-refractivity contribution in [3.05, 3.63) is 35.4 Å². The summed E-state index contributed by atoms with van der Waals surface area (Å²) in [6.45, 7) is 11.1. The maximum Gasteiger partial charge on any atom is 0.222 e. The number of ether oxygens (including phenoxy) is 1. The Kier molecular flexibility index (Phi) is 5.42. The second-order valence-electron chi connectivity index (χ2n) is 7.89. The molecule has 0 unspecified atom stereocenters. The Morgan fingerprint density at radius 2 is 1.62 bits per heavy atom. The molecule has 140 valence electrons. The van der Waals surface area contributed by atoms with Crippen LogP contribution in [0.1, 0.15) is 44.9 Å². The largest absolute Gasteiger partial charge is 0.375 e. The molecule has 3 fully saturated rings. The van der Waals surface area contributed by atoms with Crippen LogP contribution in [0.2, 0.25) is 0 Å². The number of piperidine rings is 2. The van der Waals surface area contributed by atoms with Gasteiger partial charge in [0, 0.05) is 37.9 Å². The normalized spacial score (nSPS) is 23.6. The SMILES string of the molecule is [C-]#[N+]c1ccc(N2CCC(OC3CCN(C4CCC4)CC3)CC2)cc1F. The van der Waals surface area contributed by atoms with Gasteiger partial charge in [-0.2, -0.15) is 0 Å². The second-order valence-corrected chi connectivity index (χ2v) is 7.89. The molecule has 1 aromatic carbocycles. The number of likely N-dealkylation sites (tertiary alicyclic amines) is 1. The molecular weight excluding hydrogens is 329 g/mol. The van der Waals surface area contributed by atoms with Gasteiger partial charge in [0.2, 0.25) is 5.69 Å². The van der Waals surface area contributed by atoms with Crippen LogP contribution in [0, 0.1) is 12.4 Å². The molecule has 4 nitrogen and oxygen atoms in total. The van der Waals surface area contributed by atoms with Gasteiger partial charge in [0.05, 0.1) is 18.8 Å². The van der Waals surface area contributed by atoms with E-state index in [4.69, 9.17) is 11.3 Å². The van der Waals surface area contributed by atoms with Crippen molar-refractivity contribution in [3.8, 4) is 0 Å². The van der Waals surface area contributed by atoms with Gasteiger partial charge in [0.25, 0.3) is 0 Å². The Hall–Kier alpha value is -1.64. The molecular formula is C21H28FN3O. The summed E-state index contributed by atoms with van der Waals surface area (Å²) in [5.41, 5.74) is 0.974. The first-order chi connectivity index (χ1) is 12.7. The van der Waals surface area contributed by atoms with E-state index in [0.29, 0.717) is 12.2 Å². The summed E-state index contributed by atoms with van der Waals surface area (Å²) < 4.78 is 20.2.